The Labute approximate surface area is 202 Å². The molecule has 1 aliphatic heterocycles. The van der Waals surface area contributed by atoms with Crippen LogP contribution < -0.4 is 15.0 Å². The minimum atomic E-state index is -1.04. The van der Waals surface area contributed by atoms with Crippen LogP contribution in [-0.4, -0.2) is 71.2 Å². The molecular weight excluding hydrogens is 452 g/mol. The van der Waals surface area contributed by atoms with E-state index in [1.807, 2.05) is 29.2 Å². The first kappa shape index (κ1) is 24.1. The van der Waals surface area contributed by atoms with Crippen LogP contribution in [0.1, 0.15) is 24.4 Å². The number of aliphatic carboxylic acids is 2. The predicted octanol–water partition coefficient (Wildman–Crippen LogP) is 2.93. The number of fused-ring (bicyclic) bond motifs is 1. The fourth-order valence-corrected chi connectivity index (χ4v) is 4.49. The van der Waals surface area contributed by atoms with Crippen molar-refractivity contribution in [2.75, 3.05) is 43.5 Å². The Morgan fingerprint density at radius 1 is 1.06 bits per heavy atom. The molecule has 0 unspecified atom stereocenters. The second-order valence-corrected chi connectivity index (χ2v) is 8.38. The maximum absolute atomic E-state index is 12.4. The van der Waals surface area contributed by atoms with Gasteiger partial charge in [0.15, 0.2) is 0 Å². The summed E-state index contributed by atoms with van der Waals surface area (Å²) >= 11 is 0. The summed E-state index contributed by atoms with van der Waals surface area (Å²) in [5.74, 6) is -1.62. The quantitative estimate of drug-likeness (QED) is 0.367. The Bertz CT molecular complexity index is 1230. The van der Waals surface area contributed by atoms with Crippen molar-refractivity contribution in [3.05, 3.63) is 54.2 Å². The van der Waals surface area contributed by atoms with E-state index < -0.39 is 23.9 Å². The van der Waals surface area contributed by atoms with Crippen molar-refractivity contribution in [1.29, 1.82) is 0 Å². The minimum absolute atomic E-state index is 0.137. The highest BCUT2D eigenvalue weighted by Gasteiger charge is 2.32. The predicted molar refractivity (Wildman–Crippen MR) is 131 cm³/mol. The molecule has 10 heteroatoms. The van der Waals surface area contributed by atoms with E-state index in [4.69, 9.17) is 9.84 Å². The van der Waals surface area contributed by atoms with Gasteiger partial charge in [-0.15, -0.1) is 0 Å². The van der Waals surface area contributed by atoms with Crippen LogP contribution in [0.5, 0.6) is 5.75 Å². The molecular formula is C25H28N4O6. The second-order valence-electron chi connectivity index (χ2n) is 8.38. The van der Waals surface area contributed by atoms with Gasteiger partial charge in [-0.05, 0) is 30.3 Å². The highest BCUT2D eigenvalue weighted by molar-refractivity contribution is 5.96. The molecule has 1 fully saturated rings. The lowest BCUT2D eigenvalue weighted by Gasteiger charge is -2.39. The van der Waals surface area contributed by atoms with Crippen molar-refractivity contribution in [2.24, 2.45) is 0 Å². The molecule has 1 aromatic heterocycles. The van der Waals surface area contributed by atoms with E-state index in [9.17, 15) is 19.5 Å². The summed E-state index contributed by atoms with van der Waals surface area (Å²) in [5.41, 5.74) is 2.83. The normalized spacial score (nSPS) is 15.1. The summed E-state index contributed by atoms with van der Waals surface area (Å²) in [5, 5.41) is 22.3. The first-order valence-electron chi connectivity index (χ1n) is 11.3. The fourth-order valence-electron chi connectivity index (χ4n) is 4.49. The van der Waals surface area contributed by atoms with E-state index >= 15 is 0 Å². The number of aromatic amines is 1. The number of amides is 1. The van der Waals surface area contributed by atoms with Gasteiger partial charge in [0.05, 0.1) is 19.2 Å². The van der Waals surface area contributed by atoms with Crippen molar-refractivity contribution in [1.82, 2.24) is 9.88 Å². The lowest BCUT2D eigenvalue weighted by Crippen LogP contribution is -2.49. The average Bonchev–Trinajstić information content (AvgIpc) is 3.26. The number of carbonyl (C=O) groups is 3. The van der Waals surface area contributed by atoms with Crippen LogP contribution >= 0.6 is 0 Å². The van der Waals surface area contributed by atoms with Gasteiger partial charge in [-0.2, -0.15) is 0 Å². The molecule has 3 aromatic rings. The van der Waals surface area contributed by atoms with Crippen LogP contribution in [0.2, 0.25) is 0 Å². The van der Waals surface area contributed by atoms with Crippen LogP contribution in [-0.2, 0) is 14.4 Å². The van der Waals surface area contributed by atoms with Gasteiger partial charge in [0.2, 0.25) is 5.91 Å². The number of rotatable bonds is 9. The van der Waals surface area contributed by atoms with E-state index in [2.05, 4.69) is 15.2 Å². The standard InChI is InChI=1S/C25H28N4O6/c1-35-21-5-3-2-4-20(21)28-10-12-29(13-11-28)24(25(33)34)18-15-26-19-7-6-16(14-17(18)19)27-22(30)8-9-23(31)32/h2-7,14-15,24,26H,8-13H2,1H3,(H,27,30)(H,31,32)(H,33,34)/t24-/m0/s1. The van der Waals surface area contributed by atoms with Gasteiger partial charge in [-0.25, -0.2) is 0 Å². The van der Waals surface area contributed by atoms with Crippen LogP contribution in [0.25, 0.3) is 10.9 Å². The zero-order valence-corrected chi connectivity index (χ0v) is 19.4. The van der Waals surface area contributed by atoms with E-state index in [0.717, 1.165) is 17.0 Å². The van der Waals surface area contributed by atoms with E-state index in [1.165, 1.54) is 0 Å². The number of methoxy groups -OCH3 is 1. The Kier molecular flexibility index (Phi) is 7.21. The summed E-state index contributed by atoms with van der Waals surface area (Å²) in [4.78, 5) is 42.4. The number of hydrogen-bond acceptors (Lipinski definition) is 6. The molecule has 0 saturated carbocycles. The molecule has 1 aliphatic rings. The molecule has 0 bridgehead atoms. The Morgan fingerprint density at radius 3 is 2.49 bits per heavy atom. The third-order valence-electron chi connectivity index (χ3n) is 6.20. The third-order valence-corrected chi connectivity index (χ3v) is 6.20. The molecule has 0 spiro atoms. The van der Waals surface area contributed by atoms with Crippen LogP contribution in [0.3, 0.4) is 0 Å². The lowest BCUT2D eigenvalue weighted by molar-refractivity contribution is -0.143. The molecule has 0 aliphatic carbocycles. The van der Waals surface area contributed by atoms with Gasteiger partial charge < -0.3 is 30.2 Å². The average molecular weight is 481 g/mol. The number of anilines is 2. The van der Waals surface area contributed by atoms with Crippen molar-refractivity contribution in [3.63, 3.8) is 0 Å². The number of ether oxygens (including phenoxy) is 1. The van der Waals surface area contributed by atoms with Crippen LogP contribution in [0.15, 0.2) is 48.7 Å². The number of benzene rings is 2. The Hall–Kier alpha value is -4.05. The third kappa shape index (κ3) is 5.38. The largest absolute Gasteiger partial charge is 0.495 e. The zero-order chi connectivity index (χ0) is 24.9. The Morgan fingerprint density at radius 2 is 1.80 bits per heavy atom. The number of nitrogens with one attached hydrogen (secondary N) is 2. The molecule has 1 atom stereocenters. The van der Waals surface area contributed by atoms with E-state index in [-0.39, 0.29) is 12.8 Å². The number of carboxylic acid groups (broad SMARTS) is 2. The van der Waals surface area contributed by atoms with Crippen LogP contribution in [0, 0.1) is 0 Å². The summed E-state index contributed by atoms with van der Waals surface area (Å²) in [6.45, 7) is 2.40. The van der Waals surface area contributed by atoms with Crippen molar-refractivity contribution >= 4 is 40.1 Å². The zero-order valence-electron chi connectivity index (χ0n) is 19.4. The van der Waals surface area contributed by atoms with E-state index in [1.54, 1.807) is 31.5 Å². The van der Waals surface area contributed by atoms with Gasteiger partial charge in [0, 0.05) is 61.0 Å². The van der Waals surface area contributed by atoms with Gasteiger partial charge in [-0.1, -0.05) is 12.1 Å². The van der Waals surface area contributed by atoms with Gasteiger partial charge in [0.1, 0.15) is 11.8 Å². The smallest absolute Gasteiger partial charge is 0.325 e. The van der Waals surface area contributed by atoms with Crippen LogP contribution in [0.4, 0.5) is 11.4 Å². The molecule has 35 heavy (non-hydrogen) atoms. The number of nitrogens with zero attached hydrogens (tertiary/aromatic N) is 2. The summed E-state index contributed by atoms with van der Waals surface area (Å²) in [7, 11) is 1.63. The number of aromatic nitrogens is 1. The van der Waals surface area contributed by atoms with Gasteiger partial charge in [-0.3, -0.25) is 19.3 Å². The highest BCUT2D eigenvalue weighted by atomic mass is 16.5. The number of H-pyrrole nitrogens is 1. The molecule has 4 rings (SSSR count). The number of carbonyl (C=O) groups excluding carboxylic acids is 1. The first-order chi connectivity index (χ1) is 16.9. The van der Waals surface area contributed by atoms with Gasteiger partial charge >= 0.3 is 11.9 Å². The second kappa shape index (κ2) is 10.5. The maximum Gasteiger partial charge on any atom is 0.325 e. The molecule has 10 nitrogen and oxygen atoms in total. The Balaban J connectivity index is 1.52. The molecule has 2 heterocycles. The number of para-hydroxylation sites is 2. The molecule has 1 amide bonds. The summed E-state index contributed by atoms with van der Waals surface area (Å²) in [6, 6.07) is 12.1. The molecule has 1 saturated heterocycles. The molecule has 0 radical (unpaired) electrons. The SMILES string of the molecule is COc1ccccc1N1CCN([C@H](C(=O)O)c2c[nH]c3ccc(NC(=O)CCC(=O)O)cc23)CC1. The van der Waals surface area contributed by atoms with E-state index in [0.29, 0.717) is 42.8 Å². The molecule has 2 aromatic carbocycles. The number of piperazine rings is 1. The number of carboxylic acids is 2. The van der Waals surface area contributed by atoms with Crippen molar-refractivity contribution in [3.8, 4) is 5.75 Å². The summed E-state index contributed by atoms with van der Waals surface area (Å²) < 4.78 is 5.47. The van der Waals surface area contributed by atoms with Gasteiger partial charge in [0.25, 0.3) is 0 Å². The monoisotopic (exact) mass is 480 g/mol. The molecule has 4 N–H and O–H groups in total. The number of hydrogen-bond donors (Lipinski definition) is 4. The highest BCUT2D eigenvalue weighted by Crippen LogP contribution is 2.33. The minimum Gasteiger partial charge on any atom is -0.495 e. The molecule has 184 valence electrons. The maximum atomic E-state index is 12.4. The first-order valence-corrected chi connectivity index (χ1v) is 11.3. The van der Waals surface area contributed by atoms with Crippen molar-refractivity contribution in [2.45, 2.75) is 18.9 Å². The summed E-state index contributed by atoms with van der Waals surface area (Å²) in [6.07, 6.45) is 1.30. The van der Waals surface area contributed by atoms with Crippen molar-refractivity contribution < 1.29 is 29.3 Å². The topological polar surface area (TPSA) is 135 Å². The fraction of sp³-hybridized carbons (Fsp3) is 0.320. The lowest BCUT2D eigenvalue weighted by atomic mass is 10.0.